The van der Waals surface area contributed by atoms with Gasteiger partial charge < -0.3 is 15.4 Å². The van der Waals surface area contributed by atoms with Crippen molar-refractivity contribution in [3.63, 3.8) is 0 Å². The van der Waals surface area contributed by atoms with E-state index < -0.39 is 0 Å². The summed E-state index contributed by atoms with van der Waals surface area (Å²) in [5.41, 5.74) is 8.01. The Labute approximate surface area is 114 Å². The van der Waals surface area contributed by atoms with Crippen LogP contribution in [0.25, 0.3) is 0 Å². The summed E-state index contributed by atoms with van der Waals surface area (Å²) in [6.07, 6.45) is 1.73. The molecule has 4 heteroatoms. The van der Waals surface area contributed by atoms with Crippen molar-refractivity contribution in [2.45, 2.75) is 26.3 Å². The van der Waals surface area contributed by atoms with Gasteiger partial charge in [0, 0.05) is 25.3 Å². The molecule has 0 amide bonds. The lowest BCUT2D eigenvalue weighted by Crippen LogP contribution is -2.37. The quantitative estimate of drug-likeness (QED) is 0.842. The van der Waals surface area contributed by atoms with E-state index in [0.717, 1.165) is 31.5 Å². The fourth-order valence-electron chi connectivity index (χ4n) is 2.51. The zero-order valence-electron chi connectivity index (χ0n) is 11.5. The number of piperidine rings is 1. The summed E-state index contributed by atoms with van der Waals surface area (Å²) in [4.78, 5) is 14.0. The summed E-state index contributed by atoms with van der Waals surface area (Å²) >= 11 is 0. The number of hydrogen-bond acceptors (Lipinski definition) is 4. The lowest BCUT2D eigenvalue weighted by Gasteiger charge is -2.32. The highest BCUT2D eigenvalue weighted by Gasteiger charge is 2.25. The van der Waals surface area contributed by atoms with Gasteiger partial charge >= 0.3 is 5.97 Å². The van der Waals surface area contributed by atoms with Crippen LogP contribution in [0.1, 0.15) is 25.3 Å². The van der Waals surface area contributed by atoms with Crippen LogP contribution in [0.2, 0.25) is 0 Å². The summed E-state index contributed by atoms with van der Waals surface area (Å²) in [7, 11) is 0. The first-order valence-electron chi connectivity index (χ1n) is 6.95. The number of carbonyl (C=O) groups excluding carboxylic acids is 1. The number of esters is 1. The molecule has 0 spiro atoms. The molecule has 19 heavy (non-hydrogen) atoms. The minimum atomic E-state index is -0.0436. The molecule has 104 valence electrons. The highest BCUT2D eigenvalue weighted by Crippen LogP contribution is 2.24. The number of nitrogens with zero attached hydrogens (tertiary/aromatic N) is 1. The van der Waals surface area contributed by atoms with E-state index in [2.05, 4.69) is 17.0 Å². The Balaban J connectivity index is 1.94. The van der Waals surface area contributed by atoms with Crippen LogP contribution in [-0.4, -0.2) is 25.7 Å². The van der Waals surface area contributed by atoms with Crippen molar-refractivity contribution in [2.75, 3.05) is 24.6 Å². The predicted octanol–water partition coefficient (Wildman–Crippen LogP) is 1.92. The van der Waals surface area contributed by atoms with E-state index in [4.69, 9.17) is 10.5 Å². The fourth-order valence-corrected chi connectivity index (χ4v) is 2.51. The summed E-state index contributed by atoms with van der Waals surface area (Å²) in [5.74, 6) is 0.0201. The number of carbonyl (C=O) groups is 1. The van der Waals surface area contributed by atoms with E-state index in [9.17, 15) is 4.79 Å². The number of benzene rings is 1. The Morgan fingerprint density at radius 2 is 2.16 bits per heavy atom. The molecule has 4 nitrogen and oxygen atoms in total. The third-order valence-corrected chi connectivity index (χ3v) is 3.63. The molecule has 2 rings (SSSR count). The van der Waals surface area contributed by atoms with Gasteiger partial charge in [-0.05, 0) is 37.5 Å². The Morgan fingerprint density at radius 1 is 1.42 bits per heavy atom. The summed E-state index contributed by atoms with van der Waals surface area (Å²) in [6.45, 7) is 4.69. The third kappa shape index (κ3) is 3.47. The molecular formula is C15H22N2O2. The molecule has 0 bridgehead atoms. The molecule has 0 atom stereocenters. The van der Waals surface area contributed by atoms with E-state index in [1.807, 2.05) is 19.1 Å². The standard InChI is InChI=1S/C15H22N2O2/c1-2-19-15(18)13-6-8-17(9-7-13)14-5-3-4-12(10-14)11-16/h3-5,10,13H,2,6-9,11,16H2,1H3. The Morgan fingerprint density at radius 3 is 2.79 bits per heavy atom. The van der Waals surface area contributed by atoms with Crippen LogP contribution in [-0.2, 0) is 16.1 Å². The lowest BCUT2D eigenvalue weighted by atomic mass is 9.96. The molecule has 1 fully saturated rings. The molecule has 1 aromatic carbocycles. The van der Waals surface area contributed by atoms with Crippen molar-refractivity contribution in [1.29, 1.82) is 0 Å². The maximum Gasteiger partial charge on any atom is 0.309 e. The summed E-state index contributed by atoms with van der Waals surface area (Å²) in [6, 6.07) is 8.30. The molecule has 0 saturated carbocycles. The Kier molecular flexibility index (Phi) is 4.80. The smallest absolute Gasteiger partial charge is 0.309 e. The molecule has 1 aliphatic rings. The first-order valence-corrected chi connectivity index (χ1v) is 6.95. The van der Waals surface area contributed by atoms with Crippen LogP contribution in [0.4, 0.5) is 5.69 Å². The maximum atomic E-state index is 11.7. The van der Waals surface area contributed by atoms with E-state index in [1.54, 1.807) is 0 Å². The van der Waals surface area contributed by atoms with Crippen LogP contribution < -0.4 is 10.6 Å². The van der Waals surface area contributed by atoms with Crippen LogP contribution in [0, 0.1) is 5.92 Å². The van der Waals surface area contributed by atoms with Crippen molar-refractivity contribution < 1.29 is 9.53 Å². The predicted molar refractivity (Wildman–Crippen MR) is 75.9 cm³/mol. The summed E-state index contributed by atoms with van der Waals surface area (Å²) in [5, 5.41) is 0. The summed E-state index contributed by atoms with van der Waals surface area (Å²) < 4.78 is 5.08. The van der Waals surface area contributed by atoms with Crippen LogP contribution in [0.5, 0.6) is 0 Å². The number of ether oxygens (including phenoxy) is 1. The van der Waals surface area contributed by atoms with Crippen molar-refractivity contribution in [3.8, 4) is 0 Å². The minimum absolute atomic E-state index is 0.0436. The van der Waals surface area contributed by atoms with Gasteiger partial charge in [0.05, 0.1) is 12.5 Å². The van der Waals surface area contributed by atoms with E-state index in [-0.39, 0.29) is 11.9 Å². The van der Waals surface area contributed by atoms with Crippen molar-refractivity contribution >= 4 is 11.7 Å². The number of nitrogens with two attached hydrogens (primary N) is 1. The van der Waals surface area contributed by atoms with Crippen molar-refractivity contribution in [2.24, 2.45) is 11.7 Å². The molecular weight excluding hydrogens is 240 g/mol. The van der Waals surface area contributed by atoms with Gasteiger partial charge in [0.2, 0.25) is 0 Å². The van der Waals surface area contributed by atoms with Crippen molar-refractivity contribution in [1.82, 2.24) is 0 Å². The van der Waals surface area contributed by atoms with Gasteiger partial charge in [-0.2, -0.15) is 0 Å². The molecule has 0 unspecified atom stereocenters. The third-order valence-electron chi connectivity index (χ3n) is 3.63. The average molecular weight is 262 g/mol. The SMILES string of the molecule is CCOC(=O)C1CCN(c2cccc(CN)c2)CC1. The van der Waals surface area contributed by atoms with E-state index in [1.165, 1.54) is 5.69 Å². The molecule has 1 aliphatic heterocycles. The van der Waals surface area contributed by atoms with Crippen LogP contribution in [0.3, 0.4) is 0 Å². The molecule has 0 aliphatic carbocycles. The first kappa shape index (κ1) is 13.9. The molecule has 0 aromatic heterocycles. The van der Waals surface area contributed by atoms with Crippen molar-refractivity contribution in [3.05, 3.63) is 29.8 Å². The van der Waals surface area contributed by atoms with Gasteiger partial charge in [0.25, 0.3) is 0 Å². The molecule has 1 aromatic rings. The van der Waals surface area contributed by atoms with Gasteiger partial charge in [-0.3, -0.25) is 4.79 Å². The van der Waals surface area contributed by atoms with Gasteiger partial charge in [-0.15, -0.1) is 0 Å². The zero-order valence-corrected chi connectivity index (χ0v) is 11.5. The monoisotopic (exact) mass is 262 g/mol. The first-order chi connectivity index (χ1) is 9.24. The number of anilines is 1. The Hall–Kier alpha value is -1.55. The van der Waals surface area contributed by atoms with Crippen LogP contribution >= 0.6 is 0 Å². The zero-order chi connectivity index (χ0) is 13.7. The molecule has 1 heterocycles. The van der Waals surface area contributed by atoms with Gasteiger partial charge in [0.1, 0.15) is 0 Å². The van der Waals surface area contributed by atoms with Gasteiger partial charge in [-0.1, -0.05) is 12.1 Å². The average Bonchev–Trinajstić information content (AvgIpc) is 2.48. The minimum Gasteiger partial charge on any atom is -0.466 e. The molecule has 1 saturated heterocycles. The molecule has 2 N–H and O–H groups in total. The highest BCUT2D eigenvalue weighted by molar-refractivity contribution is 5.72. The Bertz CT molecular complexity index is 426. The highest BCUT2D eigenvalue weighted by atomic mass is 16.5. The van der Waals surface area contributed by atoms with E-state index >= 15 is 0 Å². The second-order valence-corrected chi connectivity index (χ2v) is 4.89. The second-order valence-electron chi connectivity index (χ2n) is 4.89. The number of rotatable bonds is 4. The van der Waals surface area contributed by atoms with Gasteiger partial charge in [-0.25, -0.2) is 0 Å². The van der Waals surface area contributed by atoms with E-state index in [0.29, 0.717) is 13.2 Å². The topological polar surface area (TPSA) is 55.6 Å². The normalized spacial score (nSPS) is 16.4. The van der Waals surface area contributed by atoms with Gasteiger partial charge in [0.15, 0.2) is 0 Å². The second kappa shape index (κ2) is 6.57. The lowest BCUT2D eigenvalue weighted by molar-refractivity contribution is -0.148. The number of hydrogen-bond donors (Lipinski definition) is 1. The largest absolute Gasteiger partial charge is 0.466 e. The molecule has 0 radical (unpaired) electrons. The fraction of sp³-hybridized carbons (Fsp3) is 0.533. The maximum absolute atomic E-state index is 11.7. The van der Waals surface area contributed by atoms with Crippen LogP contribution in [0.15, 0.2) is 24.3 Å².